The first-order chi connectivity index (χ1) is 13.7. The van der Waals surface area contributed by atoms with Crippen LogP contribution < -0.4 is 5.32 Å². The van der Waals surface area contributed by atoms with Crippen LogP contribution in [0.25, 0.3) is 11.1 Å². The molecule has 0 bridgehead atoms. The number of piperidine rings is 1. The number of nitrogens with zero attached hydrogens (tertiary/aromatic N) is 2. The van der Waals surface area contributed by atoms with Crippen molar-refractivity contribution in [3.05, 3.63) is 54.1 Å². The molecule has 156 valence electrons. The van der Waals surface area contributed by atoms with Gasteiger partial charge in [0.2, 0.25) is 10.0 Å². The largest absolute Gasteiger partial charge is 0.325 e. The summed E-state index contributed by atoms with van der Waals surface area (Å²) in [7, 11) is -1.61. The Bertz CT molecular complexity index is 1010. The molecule has 0 atom stereocenters. The van der Waals surface area contributed by atoms with Gasteiger partial charge in [-0.15, -0.1) is 0 Å². The van der Waals surface area contributed by atoms with Crippen LogP contribution >= 0.6 is 0 Å². The first kappa shape index (κ1) is 21.2. The number of sulfonamides is 1. The molecule has 29 heavy (non-hydrogen) atoms. The lowest BCUT2D eigenvalue weighted by Gasteiger charge is -2.35. The van der Waals surface area contributed by atoms with Gasteiger partial charge in [0.05, 0.1) is 6.26 Å². The second-order valence-electron chi connectivity index (χ2n) is 7.11. The Kier molecular flexibility index (Phi) is 6.18. The summed E-state index contributed by atoms with van der Waals surface area (Å²) < 4.78 is 53.0. The number of benzene rings is 2. The highest BCUT2D eigenvalue weighted by molar-refractivity contribution is 7.88. The van der Waals surface area contributed by atoms with E-state index in [1.165, 1.54) is 45.8 Å². The van der Waals surface area contributed by atoms with E-state index in [1.807, 2.05) is 0 Å². The molecule has 9 heteroatoms. The zero-order chi connectivity index (χ0) is 21.2. The number of halogens is 2. The Balaban J connectivity index is 1.65. The average molecular weight is 423 g/mol. The van der Waals surface area contributed by atoms with Crippen molar-refractivity contribution in [1.29, 1.82) is 0 Å². The highest BCUT2D eigenvalue weighted by Gasteiger charge is 2.29. The summed E-state index contributed by atoms with van der Waals surface area (Å²) in [6, 6.07) is 9.46. The third-order valence-corrected chi connectivity index (χ3v) is 6.45. The van der Waals surface area contributed by atoms with Gasteiger partial charge in [-0.05, 0) is 37.1 Å². The van der Waals surface area contributed by atoms with E-state index >= 15 is 0 Å². The molecule has 0 aliphatic carbocycles. The summed E-state index contributed by atoms with van der Waals surface area (Å²) in [5.74, 6) is -1.17. The van der Waals surface area contributed by atoms with Crippen LogP contribution in [-0.4, -0.2) is 56.1 Å². The number of anilines is 1. The molecule has 2 aromatic carbocycles. The van der Waals surface area contributed by atoms with Gasteiger partial charge in [-0.3, -0.25) is 0 Å². The summed E-state index contributed by atoms with van der Waals surface area (Å²) in [6.07, 6.45) is 2.22. The number of carbonyl (C=O) groups excluding carboxylic acids is 1. The maximum Gasteiger partial charge on any atom is 0.321 e. The molecule has 1 heterocycles. The molecule has 3 rings (SSSR count). The van der Waals surface area contributed by atoms with Gasteiger partial charge in [-0.25, -0.2) is 26.3 Å². The van der Waals surface area contributed by atoms with Crippen LogP contribution in [0.2, 0.25) is 0 Å². The predicted molar refractivity (Wildman–Crippen MR) is 108 cm³/mol. The fourth-order valence-corrected chi connectivity index (χ4v) is 4.30. The van der Waals surface area contributed by atoms with Crippen molar-refractivity contribution in [3.8, 4) is 11.1 Å². The molecule has 1 aliphatic rings. The van der Waals surface area contributed by atoms with E-state index in [9.17, 15) is 22.0 Å². The van der Waals surface area contributed by atoms with Crippen LogP contribution in [0.1, 0.15) is 12.8 Å². The van der Waals surface area contributed by atoms with Gasteiger partial charge in [-0.2, -0.15) is 0 Å². The van der Waals surface area contributed by atoms with E-state index in [0.29, 0.717) is 25.9 Å². The minimum absolute atomic E-state index is 0.114. The molecule has 1 N–H and O–H groups in total. The zero-order valence-corrected chi connectivity index (χ0v) is 17.0. The van der Waals surface area contributed by atoms with Crippen LogP contribution in [0.3, 0.4) is 0 Å². The van der Waals surface area contributed by atoms with Crippen molar-refractivity contribution >= 4 is 21.7 Å². The standard InChI is InChI=1S/C20H23F2N3O3S/c1-24(15-9-11-25(12-10-15)29(2,27)28)20(26)23-14-7-8-17(19(22)13-14)16-5-3-4-6-18(16)21/h3-8,13,15H,9-12H2,1-2H3,(H,23,26). The molecule has 0 radical (unpaired) electrons. The van der Waals surface area contributed by atoms with Crippen molar-refractivity contribution in [3.63, 3.8) is 0 Å². The number of amides is 2. The molecular weight excluding hydrogens is 400 g/mol. The Hall–Kier alpha value is -2.52. The number of nitrogens with one attached hydrogen (secondary N) is 1. The molecule has 0 saturated carbocycles. The van der Waals surface area contributed by atoms with E-state index in [0.717, 1.165) is 6.07 Å². The molecule has 1 fully saturated rings. The summed E-state index contributed by atoms with van der Waals surface area (Å²) in [5, 5.41) is 2.64. The van der Waals surface area contributed by atoms with Gasteiger partial charge in [0.25, 0.3) is 0 Å². The SMILES string of the molecule is CN(C(=O)Nc1ccc(-c2ccccc2F)c(F)c1)C1CCN(S(C)(=O)=O)CC1. The molecule has 0 spiro atoms. The maximum absolute atomic E-state index is 14.5. The lowest BCUT2D eigenvalue weighted by molar-refractivity contribution is 0.174. The van der Waals surface area contributed by atoms with Gasteiger partial charge >= 0.3 is 6.03 Å². The maximum atomic E-state index is 14.5. The first-order valence-electron chi connectivity index (χ1n) is 9.20. The average Bonchev–Trinajstić information content (AvgIpc) is 2.68. The number of rotatable bonds is 4. The van der Waals surface area contributed by atoms with E-state index in [1.54, 1.807) is 13.1 Å². The quantitative estimate of drug-likeness (QED) is 0.818. The Labute approximate surface area is 169 Å². The van der Waals surface area contributed by atoms with E-state index in [-0.39, 0.29) is 22.9 Å². The zero-order valence-electron chi connectivity index (χ0n) is 16.2. The molecule has 0 unspecified atom stereocenters. The van der Waals surface area contributed by atoms with Crippen LogP contribution in [0.15, 0.2) is 42.5 Å². The topological polar surface area (TPSA) is 69.7 Å². The first-order valence-corrected chi connectivity index (χ1v) is 11.0. The predicted octanol–water partition coefficient (Wildman–Crippen LogP) is 3.52. The minimum atomic E-state index is -3.23. The number of hydrogen-bond donors (Lipinski definition) is 1. The number of carbonyl (C=O) groups is 1. The molecule has 6 nitrogen and oxygen atoms in total. The third-order valence-electron chi connectivity index (χ3n) is 5.14. The van der Waals surface area contributed by atoms with Gasteiger partial charge in [0, 0.05) is 43.0 Å². The van der Waals surface area contributed by atoms with Gasteiger partial charge in [0.15, 0.2) is 0 Å². The summed E-state index contributed by atoms with van der Waals surface area (Å²) >= 11 is 0. The highest BCUT2D eigenvalue weighted by Crippen LogP contribution is 2.27. The second kappa shape index (κ2) is 8.46. The second-order valence-corrected chi connectivity index (χ2v) is 9.09. The third kappa shape index (κ3) is 4.91. The fraction of sp³-hybridized carbons (Fsp3) is 0.350. The highest BCUT2D eigenvalue weighted by atomic mass is 32.2. The lowest BCUT2D eigenvalue weighted by atomic mass is 10.0. The summed E-state index contributed by atoms with van der Waals surface area (Å²) in [4.78, 5) is 14.0. The molecule has 0 aromatic heterocycles. The molecule has 2 amide bonds. The number of urea groups is 1. The monoisotopic (exact) mass is 423 g/mol. The summed E-state index contributed by atoms with van der Waals surface area (Å²) in [5.41, 5.74) is 0.522. The van der Waals surface area contributed by atoms with Crippen molar-refractivity contribution in [2.75, 3.05) is 31.7 Å². The van der Waals surface area contributed by atoms with Gasteiger partial charge in [-0.1, -0.05) is 18.2 Å². The number of hydrogen-bond acceptors (Lipinski definition) is 3. The molecular formula is C20H23F2N3O3S. The molecule has 1 saturated heterocycles. The van der Waals surface area contributed by atoms with Crippen molar-refractivity contribution in [1.82, 2.24) is 9.21 Å². The van der Waals surface area contributed by atoms with E-state index in [2.05, 4.69) is 5.32 Å². The Morgan fingerprint density at radius 1 is 1.07 bits per heavy atom. The van der Waals surface area contributed by atoms with Crippen molar-refractivity contribution in [2.24, 2.45) is 0 Å². The van der Waals surface area contributed by atoms with Gasteiger partial charge < -0.3 is 10.2 Å². The molecule has 2 aromatic rings. The fourth-order valence-electron chi connectivity index (χ4n) is 3.43. The Morgan fingerprint density at radius 2 is 1.69 bits per heavy atom. The van der Waals surface area contributed by atoms with Crippen LogP contribution in [0.5, 0.6) is 0 Å². The van der Waals surface area contributed by atoms with Crippen molar-refractivity contribution < 1.29 is 22.0 Å². The van der Waals surface area contributed by atoms with Crippen molar-refractivity contribution in [2.45, 2.75) is 18.9 Å². The van der Waals surface area contributed by atoms with Gasteiger partial charge in [0.1, 0.15) is 11.6 Å². The lowest BCUT2D eigenvalue weighted by Crippen LogP contribution is -2.48. The smallest absolute Gasteiger partial charge is 0.321 e. The van der Waals surface area contributed by atoms with E-state index < -0.39 is 27.7 Å². The van der Waals surface area contributed by atoms with Crippen LogP contribution in [-0.2, 0) is 10.0 Å². The normalized spacial score (nSPS) is 15.9. The van der Waals surface area contributed by atoms with E-state index in [4.69, 9.17) is 0 Å². The van der Waals surface area contributed by atoms with Crippen LogP contribution in [0, 0.1) is 11.6 Å². The summed E-state index contributed by atoms with van der Waals surface area (Å²) in [6.45, 7) is 0.709. The minimum Gasteiger partial charge on any atom is -0.325 e. The van der Waals surface area contributed by atoms with Crippen LogP contribution in [0.4, 0.5) is 19.3 Å². The molecule has 1 aliphatic heterocycles. The Morgan fingerprint density at radius 3 is 2.28 bits per heavy atom.